The second kappa shape index (κ2) is 11.4. The van der Waals surface area contributed by atoms with Crippen LogP contribution < -0.4 is 20.7 Å². The van der Waals surface area contributed by atoms with Gasteiger partial charge in [0.15, 0.2) is 0 Å². The van der Waals surface area contributed by atoms with Crippen LogP contribution in [0.25, 0.3) is 0 Å². The molecule has 0 aliphatic rings. The zero-order valence-corrected chi connectivity index (χ0v) is 19.8. The molecule has 2 amide bonds. The molecule has 0 radical (unpaired) electrons. The quantitative estimate of drug-likeness (QED) is 0.292. The Morgan fingerprint density at radius 3 is 2.17 bits per heavy atom. The fraction of sp³-hybridized carbons (Fsp3) is 0.111. The van der Waals surface area contributed by atoms with E-state index in [1.807, 2.05) is 17.5 Å². The van der Waals surface area contributed by atoms with Crippen LogP contribution in [0.5, 0.6) is 5.75 Å². The Kier molecular flexibility index (Phi) is 7.87. The summed E-state index contributed by atoms with van der Waals surface area (Å²) in [6, 6.07) is 23.6. The van der Waals surface area contributed by atoms with Crippen LogP contribution in [-0.2, 0) is 4.79 Å². The minimum Gasteiger partial charge on any atom is -0.497 e. The van der Waals surface area contributed by atoms with Gasteiger partial charge in [-0.25, -0.2) is 4.39 Å². The highest BCUT2D eigenvalue weighted by atomic mass is 32.1. The number of carbonyl (C=O) groups is 2. The Morgan fingerprint density at radius 2 is 1.54 bits per heavy atom. The van der Waals surface area contributed by atoms with E-state index < -0.39 is 0 Å². The highest BCUT2D eigenvalue weighted by Gasteiger charge is 2.16. The minimum absolute atomic E-state index is 0.0552. The van der Waals surface area contributed by atoms with Crippen LogP contribution in [0, 0.1) is 5.82 Å². The first kappa shape index (κ1) is 24.1. The summed E-state index contributed by atoms with van der Waals surface area (Å²) in [6.45, 7) is 0.0552. The molecule has 0 saturated heterocycles. The Bertz CT molecular complexity index is 1260. The number of thiophene rings is 1. The standard InChI is InChI=1S/C27H24FN3O3S/c1-34-23-14-12-22(13-15-23)31-27(33)19-6-10-21(11-7-19)30-25(32)17-29-26(24-3-2-16-35-24)18-4-8-20(28)9-5-18/h2-16,26,29H,17H2,1H3,(H,30,32)(H,31,33)/t26-/m0/s1. The van der Waals surface area contributed by atoms with Gasteiger partial charge in [0.1, 0.15) is 11.6 Å². The lowest BCUT2D eigenvalue weighted by Gasteiger charge is -2.18. The van der Waals surface area contributed by atoms with E-state index in [1.165, 1.54) is 12.1 Å². The second-order valence-electron chi connectivity index (χ2n) is 7.69. The number of halogens is 1. The van der Waals surface area contributed by atoms with Gasteiger partial charge >= 0.3 is 0 Å². The highest BCUT2D eigenvalue weighted by Crippen LogP contribution is 2.26. The average Bonchev–Trinajstić information content (AvgIpc) is 3.41. The molecule has 178 valence electrons. The molecular formula is C27H24FN3O3S. The summed E-state index contributed by atoms with van der Waals surface area (Å²) < 4.78 is 18.5. The summed E-state index contributed by atoms with van der Waals surface area (Å²) >= 11 is 1.56. The number of methoxy groups -OCH3 is 1. The fourth-order valence-corrected chi connectivity index (χ4v) is 4.30. The maximum absolute atomic E-state index is 13.4. The average molecular weight is 490 g/mol. The molecule has 0 saturated carbocycles. The Labute approximate surface area is 206 Å². The Balaban J connectivity index is 1.33. The van der Waals surface area contributed by atoms with Crippen LogP contribution in [0.15, 0.2) is 90.3 Å². The van der Waals surface area contributed by atoms with Crippen molar-refractivity contribution in [3.8, 4) is 5.75 Å². The van der Waals surface area contributed by atoms with E-state index in [4.69, 9.17) is 4.74 Å². The van der Waals surface area contributed by atoms with E-state index in [1.54, 1.807) is 79.1 Å². The molecule has 0 aliphatic carbocycles. The normalized spacial score (nSPS) is 11.5. The molecule has 1 heterocycles. The topological polar surface area (TPSA) is 79.5 Å². The van der Waals surface area contributed by atoms with Gasteiger partial charge in [0, 0.05) is 21.8 Å². The Morgan fingerprint density at radius 1 is 0.886 bits per heavy atom. The van der Waals surface area contributed by atoms with Gasteiger partial charge in [0.05, 0.1) is 19.7 Å². The number of ether oxygens (including phenoxy) is 1. The third-order valence-corrected chi connectivity index (χ3v) is 6.21. The maximum atomic E-state index is 13.4. The molecule has 0 aliphatic heterocycles. The molecule has 4 rings (SSSR count). The maximum Gasteiger partial charge on any atom is 0.255 e. The molecule has 35 heavy (non-hydrogen) atoms. The fourth-order valence-electron chi connectivity index (χ4n) is 3.48. The number of carbonyl (C=O) groups excluding carboxylic acids is 2. The summed E-state index contributed by atoms with van der Waals surface area (Å²) in [7, 11) is 1.58. The number of benzene rings is 3. The van der Waals surface area contributed by atoms with Crippen molar-refractivity contribution in [2.45, 2.75) is 6.04 Å². The molecule has 3 aromatic carbocycles. The number of amides is 2. The first-order valence-corrected chi connectivity index (χ1v) is 11.8. The van der Waals surface area contributed by atoms with Gasteiger partial charge < -0.3 is 15.4 Å². The monoisotopic (exact) mass is 489 g/mol. The van der Waals surface area contributed by atoms with Gasteiger partial charge in [-0.05, 0) is 77.7 Å². The molecule has 8 heteroatoms. The molecule has 0 bridgehead atoms. The number of hydrogen-bond donors (Lipinski definition) is 3. The van der Waals surface area contributed by atoms with Crippen LogP contribution in [0.4, 0.5) is 15.8 Å². The zero-order chi connectivity index (χ0) is 24.6. The first-order chi connectivity index (χ1) is 17.0. The molecule has 4 aromatic rings. The summed E-state index contributed by atoms with van der Waals surface area (Å²) in [5.41, 5.74) is 2.56. The minimum atomic E-state index is -0.308. The van der Waals surface area contributed by atoms with Gasteiger partial charge in [0.2, 0.25) is 5.91 Å². The SMILES string of the molecule is COc1ccc(NC(=O)c2ccc(NC(=O)CN[C@@H](c3ccc(F)cc3)c3cccs3)cc2)cc1. The number of rotatable bonds is 9. The van der Waals surface area contributed by atoms with Gasteiger partial charge in [-0.15, -0.1) is 11.3 Å². The summed E-state index contributed by atoms with van der Waals surface area (Å²) in [4.78, 5) is 26.1. The number of nitrogens with one attached hydrogen (secondary N) is 3. The largest absolute Gasteiger partial charge is 0.497 e. The van der Waals surface area contributed by atoms with Crippen LogP contribution in [0.1, 0.15) is 26.8 Å². The number of hydrogen-bond acceptors (Lipinski definition) is 5. The third kappa shape index (κ3) is 6.53. The first-order valence-electron chi connectivity index (χ1n) is 10.9. The Hall–Kier alpha value is -4.01. The van der Waals surface area contributed by atoms with Gasteiger partial charge in [0.25, 0.3) is 5.91 Å². The van der Waals surface area contributed by atoms with Gasteiger partial charge in [-0.2, -0.15) is 0 Å². The van der Waals surface area contributed by atoms with Crippen molar-refractivity contribution in [1.29, 1.82) is 0 Å². The van der Waals surface area contributed by atoms with E-state index in [0.29, 0.717) is 22.7 Å². The molecular weight excluding hydrogens is 465 g/mol. The number of anilines is 2. The molecule has 1 atom stereocenters. The van der Waals surface area contributed by atoms with Crippen LogP contribution in [0.3, 0.4) is 0 Å². The van der Waals surface area contributed by atoms with E-state index in [-0.39, 0.29) is 30.2 Å². The van der Waals surface area contributed by atoms with E-state index in [9.17, 15) is 14.0 Å². The van der Waals surface area contributed by atoms with Crippen molar-refractivity contribution < 1.29 is 18.7 Å². The van der Waals surface area contributed by atoms with Crippen molar-refractivity contribution in [3.63, 3.8) is 0 Å². The predicted molar refractivity (Wildman–Crippen MR) is 137 cm³/mol. The molecule has 0 spiro atoms. The van der Waals surface area contributed by atoms with Crippen molar-refractivity contribution in [1.82, 2.24) is 5.32 Å². The lowest BCUT2D eigenvalue weighted by molar-refractivity contribution is -0.115. The third-order valence-electron chi connectivity index (χ3n) is 5.28. The van der Waals surface area contributed by atoms with E-state index in [2.05, 4.69) is 16.0 Å². The van der Waals surface area contributed by atoms with Crippen molar-refractivity contribution in [3.05, 3.63) is 112 Å². The molecule has 1 aromatic heterocycles. The smallest absolute Gasteiger partial charge is 0.255 e. The lowest BCUT2D eigenvalue weighted by Crippen LogP contribution is -2.31. The van der Waals surface area contributed by atoms with Crippen LogP contribution in [-0.4, -0.2) is 25.5 Å². The van der Waals surface area contributed by atoms with Crippen molar-refractivity contribution >= 4 is 34.5 Å². The van der Waals surface area contributed by atoms with E-state index in [0.717, 1.165) is 10.4 Å². The summed E-state index contributed by atoms with van der Waals surface area (Å²) in [5.74, 6) is -0.0913. The van der Waals surface area contributed by atoms with Gasteiger partial charge in [-0.1, -0.05) is 18.2 Å². The van der Waals surface area contributed by atoms with Crippen LogP contribution in [0.2, 0.25) is 0 Å². The lowest BCUT2D eigenvalue weighted by atomic mass is 10.1. The molecule has 0 fully saturated rings. The molecule has 0 unspecified atom stereocenters. The molecule has 6 nitrogen and oxygen atoms in total. The van der Waals surface area contributed by atoms with E-state index >= 15 is 0 Å². The van der Waals surface area contributed by atoms with Crippen molar-refractivity contribution in [2.75, 3.05) is 24.3 Å². The second-order valence-corrected chi connectivity index (χ2v) is 8.67. The highest BCUT2D eigenvalue weighted by molar-refractivity contribution is 7.10. The van der Waals surface area contributed by atoms with Gasteiger partial charge in [-0.3, -0.25) is 14.9 Å². The molecule has 3 N–H and O–H groups in total. The van der Waals surface area contributed by atoms with Crippen molar-refractivity contribution in [2.24, 2.45) is 0 Å². The van der Waals surface area contributed by atoms with Crippen LogP contribution >= 0.6 is 11.3 Å². The summed E-state index contributed by atoms with van der Waals surface area (Å²) in [5, 5.41) is 10.9. The zero-order valence-electron chi connectivity index (χ0n) is 19.0. The summed E-state index contributed by atoms with van der Waals surface area (Å²) in [6.07, 6.45) is 0. The predicted octanol–water partition coefficient (Wildman–Crippen LogP) is 5.47.